The van der Waals surface area contributed by atoms with E-state index in [9.17, 15) is 18.5 Å². The summed E-state index contributed by atoms with van der Waals surface area (Å²) in [7, 11) is -3.65. The van der Waals surface area contributed by atoms with Crippen LogP contribution in [0, 0.1) is 10.1 Å². The molecule has 3 aromatic rings. The van der Waals surface area contributed by atoms with Gasteiger partial charge in [0.25, 0.3) is 5.69 Å². The van der Waals surface area contributed by atoms with Crippen LogP contribution in [0.25, 0.3) is 11.0 Å². The Morgan fingerprint density at radius 1 is 1.18 bits per heavy atom. The predicted molar refractivity (Wildman–Crippen MR) is 80.9 cm³/mol. The van der Waals surface area contributed by atoms with Crippen molar-refractivity contribution in [3.63, 3.8) is 0 Å². The number of hydrogen-bond acceptors (Lipinski definition) is 5. The fourth-order valence-corrected chi connectivity index (χ4v) is 3.58. The van der Waals surface area contributed by atoms with Crippen LogP contribution in [-0.2, 0) is 15.8 Å². The number of rotatable bonds is 4. The van der Waals surface area contributed by atoms with Gasteiger partial charge >= 0.3 is 0 Å². The Kier molecular flexibility index (Phi) is 3.38. The van der Waals surface area contributed by atoms with Gasteiger partial charge < -0.3 is 0 Å². The first kappa shape index (κ1) is 14.2. The van der Waals surface area contributed by atoms with Gasteiger partial charge in [-0.3, -0.25) is 10.1 Å². The summed E-state index contributed by atoms with van der Waals surface area (Å²) in [5, 5.41) is 11.1. The van der Waals surface area contributed by atoms with Crippen LogP contribution in [0.3, 0.4) is 0 Å². The number of nitrogens with zero attached hydrogens (tertiary/aromatic N) is 3. The molecule has 0 unspecified atom stereocenters. The van der Waals surface area contributed by atoms with E-state index in [-0.39, 0.29) is 17.1 Å². The van der Waals surface area contributed by atoms with Gasteiger partial charge in [-0.1, -0.05) is 30.3 Å². The van der Waals surface area contributed by atoms with Crippen LogP contribution in [0.2, 0.25) is 0 Å². The van der Waals surface area contributed by atoms with Gasteiger partial charge in [0.2, 0.25) is 10.0 Å². The molecule has 0 radical (unpaired) electrons. The lowest BCUT2D eigenvalue weighted by Crippen LogP contribution is -2.14. The smallest absolute Gasteiger partial charge is 0.258 e. The third-order valence-electron chi connectivity index (χ3n) is 3.18. The number of aromatic nitrogens is 2. The van der Waals surface area contributed by atoms with Crippen LogP contribution < -0.4 is 0 Å². The molecule has 3 rings (SSSR count). The molecular weight excluding hydrogens is 306 g/mol. The van der Waals surface area contributed by atoms with Crippen LogP contribution in [0.1, 0.15) is 5.56 Å². The van der Waals surface area contributed by atoms with Crippen molar-refractivity contribution in [2.45, 2.75) is 5.75 Å². The summed E-state index contributed by atoms with van der Waals surface area (Å²) in [6.07, 6.45) is 2.41. The Hall–Kier alpha value is -2.74. The van der Waals surface area contributed by atoms with Gasteiger partial charge in [0, 0.05) is 17.6 Å². The van der Waals surface area contributed by atoms with Crippen LogP contribution in [0.4, 0.5) is 5.69 Å². The van der Waals surface area contributed by atoms with Crippen LogP contribution >= 0.6 is 0 Å². The summed E-state index contributed by atoms with van der Waals surface area (Å²) in [5.74, 6) is -0.170. The Morgan fingerprint density at radius 3 is 2.59 bits per heavy atom. The highest BCUT2D eigenvalue weighted by atomic mass is 32.2. The first-order chi connectivity index (χ1) is 10.5. The molecule has 0 atom stereocenters. The van der Waals surface area contributed by atoms with Gasteiger partial charge in [-0.05, 0) is 11.6 Å². The van der Waals surface area contributed by atoms with Crippen LogP contribution in [0.15, 0.2) is 54.9 Å². The Bertz CT molecular complexity index is 949. The number of fused-ring (bicyclic) bond motifs is 1. The minimum Gasteiger partial charge on any atom is -0.258 e. The van der Waals surface area contributed by atoms with Crippen molar-refractivity contribution >= 4 is 26.7 Å². The summed E-state index contributed by atoms with van der Waals surface area (Å²) >= 11 is 0. The largest absolute Gasteiger partial charge is 0.288 e. The quantitative estimate of drug-likeness (QED) is 0.543. The average molecular weight is 317 g/mol. The highest BCUT2D eigenvalue weighted by molar-refractivity contribution is 7.89. The Balaban J connectivity index is 2.04. The minimum absolute atomic E-state index is 0.170. The summed E-state index contributed by atoms with van der Waals surface area (Å²) in [6, 6.07) is 11.6. The normalized spacial score (nSPS) is 11.6. The van der Waals surface area contributed by atoms with Crippen LogP contribution in [0.5, 0.6) is 0 Å². The lowest BCUT2D eigenvalue weighted by Gasteiger charge is -2.06. The zero-order valence-electron chi connectivity index (χ0n) is 11.3. The van der Waals surface area contributed by atoms with E-state index in [1.54, 1.807) is 24.3 Å². The van der Waals surface area contributed by atoms with Gasteiger partial charge in [0.05, 0.1) is 10.7 Å². The lowest BCUT2D eigenvalue weighted by molar-refractivity contribution is -0.385. The van der Waals surface area contributed by atoms with Crippen molar-refractivity contribution in [1.29, 1.82) is 0 Å². The fraction of sp³-hybridized carbons (Fsp3) is 0.0714. The molecule has 8 heteroatoms. The highest BCUT2D eigenvalue weighted by Crippen LogP contribution is 2.22. The van der Waals surface area contributed by atoms with Crippen molar-refractivity contribution in [2.24, 2.45) is 0 Å². The average Bonchev–Trinajstić information content (AvgIpc) is 2.91. The van der Waals surface area contributed by atoms with E-state index in [1.807, 2.05) is 6.07 Å². The molecule has 0 saturated carbocycles. The zero-order valence-corrected chi connectivity index (χ0v) is 12.1. The molecule has 1 aromatic carbocycles. The summed E-state index contributed by atoms with van der Waals surface area (Å²) in [4.78, 5) is 14.1. The first-order valence-electron chi connectivity index (χ1n) is 6.36. The molecule has 2 aromatic heterocycles. The summed E-state index contributed by atoms with van der Waals surface area (Å²) in [6.45, 7) is 0. The fourth-order valence-electron chi connectivity index (χ4n) is 2.17. The summed E-state index contributed by atoms with van der Waals surface area (Å²) in [5.41, 5.74) is 0.665. The molecule has 112 valence electrons. The Morgan fingerprint density at radius 2 is 1.91 bits per heavy atom. The highest BCUT2D eigenvalue weighted by Gasteiger charge is 2.19. The topological polar surface area (TPSA) is 95.1 Å². The second kappa shape index (κ2) is 5.23. The third-order valence-corrected chi connectivity index (χ3v) is 4.77. The third kappa shape index (κ3) is 2.56. The van der Waals surface area contributed by atoms with E-state index in [0.29, 0.717) is 10.9 Å². The molecule has 7 nitrogen and oxygen atoms in total. The van der Waals surface area contributed by atoms with Crippen LogP contribution in [-0.4, -0.2) is 22.3 Å². The number of hydrogen-bond donors (Lipinski definition) is 0. The van der Waals surface area contributed by atoms with Crippen molar-refractivity contribution in [3.8, 4) is 0 Å². The second-order valence-electron chi connectivity index (χ2n) is 4.72. The Labute approximate surface area is 126 Å². The van der Waals surface area contributed by atoms with E-state index < -0.39 is 14.9 Å². The monoisotopic (exact) mass is 317 g/mol. The molecule has 0 N–H and O–H groups in total. The van der Waals surface area contributed by atoms with E-state index in [1.165, 1.54) is 18.3 Å². The maximum absolute atomic E-state index is 12.5. The van der Waals surface area contributed by atoms with Crippen molar-refractivity contribution < 1.29 is 13.3 Å². The number of nitro groups is 1. The molecule has 22 heavy (non-hydrogen) atoms. The molecular formula is C14H11N3O4S. The van der Waals surface area contributed by atoms with Crippen molar-refractivity contribution in [2.75, 3.05) is 0 Å². The zero-order chi connectivity index (χ0) is 15.7. The molecule has 0 bridgehead atoms. The predicted octanol–water partition coefficient (Wildman–Crippen LogP) is 2.32. The molecule has 2 heterocycles. The SMILES string of the molecule is O=[N+]([O-])c1cnc2c(ccn2S(=O)(=O)Cc2ccccc2)c1. The van der Waals surface area contributed by atoms with E-state index in [0.717, 1.165) is 10.2 Å². The second-order valence-corrected chi connectivity index (χ2v) is 6.56. The molecule has 0 amide bonds. The maximum Gasteiger partial charge on any atom is 0.288 e. The number of benzene rings is 1. The lowest BCUT2D eigenvalue weighted by atomic mass is 10.2. The van der Waals surface area contributed by atoms with E-state index >= 15 is 0 Å². The van der Waals surface area contributed by atoms with Crippen molar-refractivity contribution in [3.05, 3.63) is 70.5 Å². The number of pyridine rings is 1. The molecule has 0 aliphatic rings. The molecule has 0 saturated heterocycles. The minimum atomic E-state index is -3.65. The first-order valence-corrected chi connectivity index (χ1v) is 7.97. The van der Waals surface area contributed by atoms with Crippen molar-refractivity contribution in [1.82, 2.24) is 8.96 Å². The van der Waals surface area contributed by atoms with Gasteiger partial charge in [-0.15, -0.1) is 0 Å². The van der Waals surface area contributed by atoms with Gasteiger partial charge in [-0.2, -0.15) is 0 Å². The molecule has 0 aliphatic heterocycles. The summed E-state index contributed by atoms with van der Waals surface area (Å²) < 4.78 is 26.0. The maximum atomic E-state index is 12.5. The van der Waals surface area contributed by atoms with E-state index in [2.05, 4.69) is 4.98 Å². The molecule has 0 fully saturated rings. The molecule has 0 spiro atoms. The van der Waals surface area contributed by atoms with Gasteiger partial charge in [0.1, 0.15) is 6.20 Å². The van der Waals surface area contributed by atoms with Gasteiger partial charge in [0.15, 0.2) is 5.65 Å². The molecule has 0 aliphatic carbocycles. The standard InChI is InChI=1S/C14H11N3O4S/c18-17(19)13-8-12-6-7-16(14(12)15-9-13)22(20,21)10-11-4-2-1-3-5-11/h1-9H,10H2. The van der Waals surface area contributed by atoms with E-state index in [4.69, 9.17) is 0 Å². The van der Waals surface area contributed by atoms with Gasteiger partial charge in [-0.25, -0.2) is 17.4 Å².